The molecule has 2 rings (SSSR count). The highest BCUT2D eigenvalue weighted by Crippen LogP contribution is 2.14. The van der Waals surface area contributed by atoms with Gasteiger partial charge in [-0.05, 0) is 43.7 Å². The van der Waals surface area contributed by atoms with Gasteiger partial charge in [0, 0.05) is 36.7 Å². The lowest BCUT2D eigenvalue weighted by molar-refractivity contribution is 0.0752. The fraction of sp³-hybridized carbons (Fsp3) is 0.267. The van der Waals surface area contributed by atoms with Crippen molar-refractivity contribution in [3.8, 4) is 0 Å². The second-order valence-corrected chi connectivity index (χ2v) is 4.88. The van der Waals surface area contributed by atoms with E-state index in [9.17, 15) is 4.79 Å². The van der Waals surface area contributed by atoms with Crippen molar-refractivity contribution in [3.63, 3.8) is 0 Å². The minimum Gasteiger partial charge on any atom is -0.335 e. The van der Waals surface area contributed by atoms with Gasteiger partial charge in [-0.3, -0.25) is 9.78 Å². The Morgan fingerprint density at radius 1 is 1.30 bits per heavy atom. The largest absolute Gasteiger partial charge is 0.335 e. The van der Waals surface area contributed by atoms with Gasteiger partial charge in [-0.15, -0.1) is 0 Å². The number of aromatic nitrogens is 2. The van der Waals surface area contributed by atoms with Crippen molar-refractivity contribution in [2.24, 2.45) is 0 Å². The number of hydrogen-bond donors (Lipinski definition) is 0. The third-order valence-corrected chi connectivity index (χ3v) is 3.15. The van der Waals surface area contributed by atoms with Gasteiger partial charge in [0.15, 0.2) is 0 Å². The van der Waals surface area contributed by atoms with E-state index in [1.54, 1.807) is 29.4 Å². The number of pyridine rings is 2. The van der Waals surface area contributed by atoms with E-state index in [0.717, 1.165) is 11.3 Å². The van der Waals surface area contributed by atoms with Gasteiger partial charge in [-0.2, -0.15) is 0 Å². The first-order chi connectivity index (χ1) is 9.60. The maximum Gasteiger partial charge on any atom is 0.254 e. The van der Waals surface area contributed by atoms with Gasteiger partial charge >= 0.3 is 0 Å². The van der Waals surface area contributed by atoms with Crippen LogP contribution in [0.25, 0.3) is 0 Å². The number of nitrogens with zero attached hydrogens (tertiary/aromatic N) is 3. The molecule has 0 aliphatic carbocycles. The third kappa shape index (κ3) is 3.54. The van der Waals surface area contributed by atoms with Crippen molar-refractivity contribution in [3.05, 3.63) is 58.6 Å². The van der Waals surface area contributed by atoms with Gasteiger partial charge in [-0.25, -0.2) is 4.98 Å². The van der Waals surface area contributed by atoms with Gasteiger partial charge in [0.25, 0.3) is 5.91 Å². The molecule has 4 nitrogen and oxygen atoms in total. The normalized spacial score (nSPS) is 10.3. The summed E-state index contributed by atoms with van der Waals surface area (Å²) in [6.45, 7) is 4.95. The highest BCUT2D eigenvalue weighted by atomic mass is 35.5. The van der Waals surface area contributed by atoms with Crippen LogP contribution in [0, 0.1) is 6.92 Å². The molecule has 104 valence electrons. The highest BCUT2D eigenvalue weighted by molar-refractivity contribution is 6.29. The summed E-state index contributed by atoms with van der Waals surface area (Å²) < 4.78 is 0. The van der Waals surface area contributed by atoms with Crippen LogP contribution in [0.2, 0.25) is 5.15 Å². The molecule has 0 saturated heterocycles. The third-order valence-electron chi connectivity index (χ3n) is 2.96. The summed E-state index contributed by atoms with van der Waals surface area (Å²) in [5.74, 6) is -0.0447. The number of halogens is 1. The van der Waals surface area contributed by atoms with E-state index in [-0.39, 0.29) is 5.91 Å². The summed E-state index contributed by atoms with van der Waals surface area (Å²) >= 11 is 5.91. The number of hydrogen-bond acceptors (Lipinski definition) is 3. The monoisotopic (exact) mass is 289 g/mol. The number of carbonyl (C=O) groups excluding carboxylic acids is 1. The first-order valence-electron chi connectivity index (χ1n) is 6.42. The first-order valence-corrected chi connectivity index (χ1v) is 6.80. The Kier molecular flexibility index (Phi) is 4.69. The molecule has 20 heavy (non-hydrogen) atoms. The topological polar surface area (TPSA) is 46.1 Å². The van der Waals surface area contributed by atoms with Gasteiger partial charge in [0.05, 0.1) is 0 Å². The smallest absolute Gasteiger partial charge is 0.254 e. The first kappa shape index (κ1) is 14.5. The summed E-state index contributed by atoms with van der Waals surface area (Å²) in [6, 6.07) is 7.16. The molecule has 0 spiro atoms. The molecule has 0 N–H and O–H groups in total. The Balaban J connectivity index is 2.20. The van der Waals surface area contributed by atoms with Gasteiger partial charge in [-0.1, -0.05) is 11.6 Å². The molecule has 1 amide bonds. The predicted molar refractivity (Wildman–Crippen MR) is 78.6 cm³/mol. The summed E-state index contributed by atoms with van der Waals surface area (Å²) in [5, 5.41) is 0.341. The molecule has 0 aromatic carbocycles. The molecule has 0 unspecified atom stereocenters. The van der Waals surface area contributed by atoms with Crippen LogP contribution in [-0.4, -0.2) is 27.3 Å². The van der Waals surface area contributed by atoms with E-state index in [1.165, 1.54) is 0 Å². The molecular weight excluding hydrogens is 274 g/mol. The van der Waals surface area contributed by atoms with Crippen molar-refractivity contribution < 1.29 is 4.79 Å². The van der Waals surface area contributed by atoms with Crippen LogP contribution in [0.1, 0.15) is 28.5 Å². The molecule has 2 heterocycles. The lowest BCUT2D eigenvalue weighted by Gasteiger charge is -2.21. The van der Waals surface area contributed by atoms with Crippen LogP contribution in [0.3, 0.4) is 0 Å². The maximum absolute atomic E-state index is 12.5. The quantitative estimate of drug-likeness (QED) is 0.813. The fourth-order valence-electron chi connectivity index (χ4n) is 1.97. The molecule has 0 aliphatic rings. The lowest BCUT2D eigenvalue weighted by atomic mass is 10.2. The number of amides is 1. The van der Waals surface area contributed by atoms with Crippen molar-refractivity contribution in [1.82, 2.24) is 14.9 Å². The summed E-state index contributed by atoms with van der Waals surface area (Å²) in [6.07, 6.45) is 3.45. The van der Waals surface area contributed by atoms with E-state index < -0.39 is 0 Å². The standard InChI is InChI=1S/C15H16ClN3O/c1-3-19(10-12-4-6-17-7-5-12)15(20)13-8-11(2)18-14(16)9-13/h4-9H,3,10H2,1-2H3. The molecule has 0 bridgehead atoms. The molecule has 0 aliphatic heterocycles. The Morgan fingerprint density at radius 2 is 2.00 bits per heavy atom. The highest BCUT2D eigenvalue weighted by Gasteiger charge is 2.15. The lowest BCUT2D eigenvalue weighted by Crippen LogP contribution is -2.30. The van der Waals surface area contributed by atoms with Crippen molar-refractivity contribution in [2.75, 3.05) is 6.54 Å². The zero-order valence-corrected chi connectivity index (χ0v) is 12.3. The van der Waals surface area contributed by atoms with E-state index in [0.29, 0.717) is 23.8 Å². The zero-order chi connectivity index (χ0) is 14.5. The zero-order valence-electron chi connectivity index (χ0n) is 11.5. The van der Waals surface area contributed by atoms with Crippen LogP contribution in [0.5, 0.6) is 0 Å². The van der Waals surface area contributed by atoms with E-state index in [2.05, 4.69) is 9.97 Å². The maximum atomic E-state index is 12.5. The van der Waals surface area contributed by atoms with Gasteiger partial charge in [0.1, 0.15) is 5.15 Å². The minimum absolute atomic E-state index is 0.0447. The Bertz CT molecular complexity index is 581. The van der Waals surface area contributed by atoms with E-state index >= 15 is 0 Å². The molecule has 0 radical (unpaired) electrons. The number of carbonyl (C=O) groups is 1. The van der Waals surface area contributed by atoms with E-state index in [4.69, 9.17) is 11.6 Å². The number of rotatable bonds is 4. The predicted octanol–water partition coefficient (Wildman–Crippen LogP) is 3.10. The molecule has 2 aromatic heterocycles. The Hall–Kier alpha value is -1.94. The van der Waals surface area contributed by atoms with Crippen LogP contribution in [0.15, 0.2) is 36.7 Å². The van der Waals surface area contributed by atoms with Crippen LogP contribution < -0.4 is 0 Å². The molecule has 0 fully saturated rings. The second-order valence-electron chi connectivity index (χ2n) is 4.49. The molecule has 2 aromatic rings. The summed E-state index contributed by atoms with van der Waals surface area (Å²) in [7, 11) is 0. The average Bonchev–Trinajstić information content (AvgIpc) is 2.44. The Morgan fingerprint density at radius 3 is 2.60 bits per heavy atom. The average molecular weight is 290 g/mol. The number of aryl methyl sites for hydroxylation is 1. The molecular formula is C15H16ClN3O. The van der Waals surface area contributed by atoms with E-state index in [1.807, 2.05) is 26.0 Å². The molecule has 0 atom stereocenters. The molecule has 5 heteroatoms. The Labute approximate surface area is 123 Å². The van der Waals surface area contributed by atoms with Crippen molar-refractivity contribution in [1.29, 1.82) is 0 Å². The van der Waals surface area contributed by atoms with Crippen molar-refractivity contribution >= 4 is 17.5 Å². The molecule has 0 saturated carbocycles. The van der Waals surface area contributed by atoms with Crippen LogP contribution >= 0.6 is 11.6 Å². The SMILES string of the molecule is CCN(Cc1ccncc1)C(=O)c1cc(C)nc(Cl)c1. The second kappa shape index (κ2) is 6.48. The fourth-order valence-corrected chi connectivity index (χ4v) is 2.22. The summed E-state index contributed by atoms with van der Waals surface area (Å²) in [5.41, 5.74) is 2.35. The van der Waals surface area contributed by atoms with Gasteiger partial charge in [0.2, 0.25) is 0 Å². The van der Waals surface area contributed by atoms with Crippen LogP contribution in [0.4, 0.5) is 0 Å². The van der Waals surface area contributed by atoms with Crippen LogP contribution in [-0.2, 0) is 6.54 Å². The minimum atomic E-state index is -0.0447. The summed E-state index contributed by atoms with van der Waals surface area (Å²) in [4.78, 5) is 22.3. The van der Waals surface area contributed by atoms with Gasteiger partial charge < -0.3 is 4.90 Å². The van der Waals surface area contributed by atoms with Crippen molar-refractivity contribution in [2.45, 2.75) is 20.4 Å².